The molecule has 26 heavy (non-hydrogen) atoms. The summed E-state index contributed by atoms with van der Waals surface area (Å²) in [5.41, 5.74) is -0.914. The molecule has 3 rings (SSSR count). The van der Waals surface area contributed by atoms with Crippen molar-refractivity contribution in [3.63, 3.8) is 0 Å². The van der Waals surface area contributed by atoms with Crippen LogP contribution in [0.4, 0.5) is 13.2 Å². The summed E-state index contributed by atoms with van der Waals surface area (Å²) in [7, 11) is 0. The minimum Gasteiger partial charge on any atom is -0.334 e. The summed E-state index contributed by atoms with van der Waals surface area (Å²) in [6.45, 7) is 5.51. The molecular weight excluding hydrogens is 343 g/mol. The van der Waals surface area contributed by atoms with Gasteiger partial charge >= 0.3 is 0 Å². The summed E-state index contributed by atoms with van der Waals surface area (Å²) in [4.78, 5) is 14.7. The Bertz CT molecular complexity index is 771. The van der Waals surface area contributed by atoms with Gasteiger partial charge in [-0.3, -0.25) is 4.79 Å². The zero-order valence-electron chi connectivity index (χ0n) is 15.0. The lowest BCUT2D eigenvalue weighted by Crippen LogP contribution is -2.51. The molecule has 0 spiro atoms. The maximum atomic E-state index is 14.3. The Morgan fingerprint density at radius 1 is 1.27 bits per heavy atom. The summed E-state index contributed by atoms with van der Waals surface area (Å²) in [6, 6.07) is 7.64. The first-order valence-corrected chi connectivity index (χ1v) is 8.75. The van der Waals surface area contributed by atoms with Crippen LogP contribution in [0.3, 0.4) is 0 Å². The molecule has 1 aromatic rings. The first-order valence-electron chi connectivity index (χ1n) is 8.75. The van der Waals surface area contributed by atoms with Crippen molar-refractivity contribution in [2.75, 3.05) is 0 Å². The Labute approximate surface area is 150 Å². The largest absolute Gasteiger partial charge is 0.334 e. The van der Waals surface area contributed by atoms with Crippen molar-refractivity contribution in [3.8, 4) is 0 Å². The normalized spacial score (nSPS) is 22.6. The van der Waals surface area contributed by atoms with Gasteiger partial charge in [0, 0.05) is 12.6 Å². The molecule has 1 heterocycles. The predicted octanol–water partition coefficient (Wildman–Crippen LogP) is 4.31. The fourth-order valence-electron chi connectivity index (χ4n) is 3.33. The molecular formula is C19H22F3N3O. The molecule has 1 unspecified atom stereocenters. The second-order valence-corrected chi connectivity index (χ2v) is 7.32. The van der Waals surface area contributed by atoms with Crippen molar-refractivity contribution < 1.29 is 18.0 Å². The molecule has 4 nitrogen and oxygen atoms in total. The maximum Gasteiger partial charge on any atom is 0.279 e. The number of carbonyl (C=O) groups is 1. The van der Waals surface area contributed by atoms with Crippen LogP contribution in [0.5, 0.6) is 0 Å². The average Bonchev–Trinajstić information content (AvgIpc) is 3.38. The van der Waals surface area contributed by atoms with Crippen molar-refractivity contribution in [2.45, 2.75) is 58.5 Å². The minimum atomic E-state index is -3.04. The lowest BCUT2D eigenvalue weighted by Gasteiger charge is -2.32. The fraction of sp³-hybridized carbons (Fsp3) is 0.526. The topological polar surface area (TPSA) is 45.0 Å². The number of carbonyl (C=O) groups excluding carboxylic acids is 1. The molecule has 1 aliphatic carbocycles. The van der Waals surface area contributed by atoms with Crippen molar-refractivity contribution in [2.24, 2.45) is 15.6 Å². The predicted molar refractivity (Wildman–Crippen MR) is 94.2 cm³/mol. The molecule has 0 saturated heterocycles. The first kappa shape index (κ1) is 18.6. The molecule has 1 fully saturated rings. The molecule has 0 N–H and O–H groups in total. The van der Waals surface area contributed by atoms with E-state index in [0.717, 1.165) is 30.9 Å². The SMILES string of the molecule is CC(C)c1ccccc1CN(C(=O)C1(C)C(F)=NN=C1C(F)F)C1CC1. The molecule has 0 radical (unpaired) electrons. The van der Waals surface area contributed by atoms with Crippen LogP contribution >= 0.6 is 0 Å². The third-order valence-corrected chi connectivity index (χ3v) is 5.07. The van der Waals surface area contributed by atoms with E-state index in [1.165, 1.54) is 4.90 Å². The Kier molecular flexibility index (Phi) is 4.90. The third-order valence-electron chi connectivity index (χ3n) is 5.07. The van der Waals surface area contributed by atoms with Crippen LogP contribution in [0.15, 0.2) is 34.5 Å². The van der Waals surface area contributed by atoms with Gasteiger partial charge in [-0.15, -0.1) is 10.2 Å². The second-order valence-electron chi connectivity index (χ2n) is 7.32. The highest BCUT2D eigenvalue weighted by atomic mass is 19.3. The monoisotopic (exact) mass is 365 g/mol. The van der Waals surface area contributed by atoms with E-state index in [0.29, 0.717) is 0 Å². The Balaban J connectivity index is 1.93. The van der Waals surface area contributed by atoms with E-state index < -0.39 is 29.4 Å². The van der Waals surface area contributed by atoms with E-state index in [2.05, 4.69) is 10.2 Å². The van der Waals surface area contributed by atoms with Crippen LogP contribution in [-0.2, 0) is 11.3 Å². The number of rotatable bonds is 6. The van der Waals surface area contributed by atoms with Gasteiger partial charge in [-0.05, 0) is 36.8 Å². The molecule has 1 aliphatic heterocycles. The zero-order valence-corrected chi connectivity index (χ0v) is 15.0. The zero-order chi connectivity index (χ0) is 19.1. The summed E-state index contributed by atoms with van der Waals surface area (Å²) in [6.07, 6.45) is -1.47. The van der Waals surface area contributed by atoms with E-state index in [4.69, 9.17) is 0 Å². The highest BCUT2D eigenvalue weighted by Gasteiger charge is 2.55. The Morgan fingerprint density at radius 2 is 1.92 bits per heavy atom. The first-order chi connectivity index (χ1) is 12.3. The molecule has 0 aromatic heterocycles. The molecule has 1 aromatic carbocycles. The van der Waals surface area contributed by atoms with Crippen molar-refractivity contribution >= 4 is 17.6 Å². The fourth-order valence-corrected chi connectivity index (χ4v) is 3.33. The molecule has 1 amide bonds. The number of halogens is 3. The number of nitrogens with zero attached hydrogens (tertiary/aromatic N) is 3. The van der Waals surface area contributed by atoms with E-state index in [1.807, 2.05) is 38.1 Å². The van der Waals surface area contributed by atoms with Crippen LogP contribution < -0.4 is 0 Å². The van der Waals surface area contributed by atoms with Crippen LogP contribution in [-0.4, -0.2) is 35.0 Å². The number of amides is 1. The minimum absolute atomic E-state index is 0.0631. The number of alkyl halides is 2. The quantitative estimate of drug-likeness (QED) is 0.741. The van der Waals surface area contributed by atoms with Crippen LogP contribution in [0.2, 0.25) is 0 Å². The maximum absolute atomic E-state index is 14.3. The van der Waals surface area contributed by atoms with Crippen LogP contribution in [0.25, 0.3) is 0 Å². The standard InChI is InChI=1S/C19H22F3N3O/c1-11(2)14-7-5-4-6-12(14)10-25(13-8-9-13)18(26)19(3)15(16(20)21)23-24-17(19)22/h4-7,11,13,16H,8-10H2,1-3H3. The van der Waals surface area contributed by atoms with Gasteiger partial charge in [-0.2, -0.15) is 4.39 Å². The third kappa shape index (κ3) is 3.15. The van der Waals surface area contributed by atoms with Crippen LogP contribution in [0.1, 0.15) is 50.7 Å². The number of hydrogen-bond acceptors (Lipinski definition) is 3. The van der Waals surface area contributed by atoms with Crippen molar-refractivity contribution in [3.05, 3.63) is 35.4 Å². The Morgan fingerprint density at radius 3 is 2.50 bits per heavy atom. The van der Waals surface area contributed by atoms with Gasteiger partial charge in [0.2, 0.25) is 11.9 Å². The number of benzene rings is 1. The smallest absolute Gasteiger partial charge is 0.279 e. The summed E-state index contributed by atoms with van der Waals surface area (Å²) >= 11 is 0. The van der Waals surface area contributed by atoms with Crippen LogP contribution in [0, 0.1) is 5.41 Å². The Hall–Kier alpha value is -2.18. The summed E-state index contributed by atoms with van der Waals surface area (Å²) < 4.78 is 40.9. The summed E-state index contributed by atoms with van der Waals surface area (Å²) in [5, 5.41) is 6.38. The summed E-state index contributed by atoms with van der Waals surface area (Å²) in [5.74, 6) is -1.61. The second kappa shape index (κ2) is 6.85. The van der Waals surface area contributed by atoms with E-state index in [-0.39, 0.29) is 18.5 Å². The molecule has 7 heteroatoms. The van der Waals surface area contributed by atoms with Gasteiger partial charge in [0.15, 0.2) is 5.41 Å². The lowest BCUT2D eigenvalue weighted by atomic mass is 9.83. The van der Waals surface area contributed by atoms with Gasteiger partial charge < -0.3 is 4.90 Å². The van der Waals surface area contributed by atoms with Crippen molar-refractivity contribution in [1.82, 2.24) is 4.90 Å². The molecule has 0 bridgehead atoms. The van der Waals surface area contributed by atoms with Gasteiger partial charge in [-0.25, -0.2) is 8.78 Å². The van der Waals surface area contributed by atoms with Gasteiger partial charge in [-0.1, -0.05) is 38.1 Å². The molecule has 2 aliphatic rings. The average molecular weight is 365 g/mol. The lowest BCUT2D eigenvalue weighted by molar-refractivity contribution is -0.136. The van der Waals surface area contributed by atoms with E-state index in [1.54, 1.807) is 0 Å². The van der Waals surface area contributed by atoms with Crippen molar-refractivity contribution in [1.29, 1.82) is 0 Å². The highest BCUT2D eigenvalue weighted by Crippen LogP contribution is 2.38. The van der Waals surface area contributed by atoms with Gasteiger partial charge in [0.05, 0.1) is 0 Å². The molecule has 140 valence electrons. The number of hydrogen-bond donors (Lipinski definition) is 0. The van der Waals surface area contributed by atoms with E-state index >= 15 is 0 Å². The van der Waals surface area contributed by atoms with Gasteiger partial charge in [0.25, 0.3) is 6.43 Å². The molecule has 1 atom stereocenters. The van der Waals surface area contributed by atoms with Gasteiger partial charge in [0.1, 0.15) is 5.71 Å². The molecule has 1 saturated carbocycles. The highest BCUT2D eigenvalue weighted by molar-refractivity contribution is 6.26. The van der Waals surface area contributed by atoms with E-state index in [9.17, 15) is 18.0 Å².